The topological polar surface area (TPSA) is 38.7 Å². The van der Waals surface area contributed by atoms with E-state index in [1.807, 2.05) is 66.7 Å². The largest absolute Gasteiger partial charge is 0.508 e. The van der Waals surface area contributed by atoms with E-state index in [2.05, 4.69) is 33.8 Å². The number of rotatable bonds is 10. The third-order valence-corrected chi connectivity index (χ3v) is 6.39. The quantitative estimate of drug-likeness (QED) is 0.369. The van der Waals surface area contributed by atoms with Crippen LogP contribution in [0, 0.1) is 0 Å². The Hall–Kier alpha value is -2.94. The molecule has 3 aromatic rings. The van der Waals surface area contributed by atoms with Crippen LogP contribution in [-0.4, -0.2) is 5.11 Å². The van der Waals surface area contributed by atoms with E-state index >= 15 is 0 Å². The van der Waals surface area contributed by atoms with Crippen LogP contribution in [0.25, 0.3) is 0 Å². The molecule has 0 radical (unpaired) electrons. The molecule has 0 saturated heterocycles. The first-order chi connectivity index (χ1) is 15.0. The molecule has 0 aliphatic rings. The minimum absolute atomic E-state index is 0.250. The van der Waals surface area contributed by atoms with Crippen LogP contribution in [0.3, 0.4) is 0 Å². The summed E-state index contributed by atoms with van der Waals surface area (Å²) in [6, 6.07) is 25.5. The fraction of sp³-hybridized carbons (Fsp3) is 0.357. The molecular formula is C28H34O3. The highest BCUT2D eigenvalue weighted by Gasteiger charge is 2.42. The number of hydrogen-bond acceptors (Lipinski definition) is 3. The average Bonchev–Trinajstić information content (AvgIpc) is 2.82. The Balaban J connectivity index is 2.18. The van der Waals surface area contributed by atoms with Crippen LogP contribution in [0.5, 0.6) is 17.2 Å². The lowest BCUT2D eigenvalue weighted by molar-refractivity contribution is 0.0302. The first-order valence-corrected chi connectivity index (χ1v) is 11.3. The van der Waals surface area contributed by atoms with E-state index in [9.17, 15) is 5.11 Å². The van der Waals surface area contributed by atoms with Crippen LogP contribution in [0.1, 0.15) is 64.5 Å². The summed E-state index contributed by atoms with van der Waals surface area (Å²) < 4.78 is 13.3. The maximum Gasteiger partial charge on any atom is 0.137 e. The van der Waals surface area contributed by atoms with Gasteiger partial charge in [0.05, 0.1) is 0 Å². The van der Waals surface area contributed by atoms with Crippen molar-refractivity contribution >= 4 is 0 Å². The average molecular weight is 419 g/mol. The summed E-state index contributed by atoms with van der Waals surface area (Å²) in [5, 5.41) is 11.2. The Kier molecular flexibility index (Phi) is 7.27. The number of ether oxygens (including phenoxy) is 2. The third kappa shape index (κ3) is 4.56. The van der Waals surface area contributed by atoms with Gasteiger partial charge in [-0.05, 0) is 56.0 Å². The predicted molar refractivity (Wildman–Crippen MR) is 127 cm³/mol. The highest BCUT2D eigenvalue weighted by Crippen LogP contribution is 2.47. The van der Waals surface area contributed by atoms with Crippen molar-refractivity contribution in [3.05, 3.63) is 90.0 Å². The molecule has 0 aliphatic heterocycles. The van der Waals surface area contributed by atoms with Gasteiger partial charge in [-0.3, -0.25) is 0 Å². The molecule has 0 bridgehead atoms. The van der Waals surface area contributed by atoms with Gasteiger partial charge < -0.3 is 14.6 Å². The van der Waals surface area contributed by atoms with E-state index in [1.165, 1.54) is 0 Å². The summed E-state index contributed by atoms with van der Waals surface area (Å²) in [6.07, 6.45) is 2.98. The molecule has 0 amide bonds. The Morgan fingerprint density at radius 1 is 0.581 bits per heavy atom. The van der Waals surface area contributed by atoms with Gasteiger partial charge in [-0.2, -0.15) is 0 Å². The van der Waals surface area contributed by atoms with Gasteiger partial charge in [-0.25, -0.2) is 0 Å². The van der Waals surface area contributed by atoms with Crippen molar-refractivity contribution in [2.24, 2.45) is 0 Å². The second-order valence-electron chi connectivity index (χ2n) is 7.93. The van der Waals surface area contributed by atoms with Crippen molar-refractivity contribution in [1.82, 2.24) is 0 Å². The number of phenolic OH excluding ortho intramolecular Hbond substituents is 1. The second-order valence-corrected chi connectivity index (χ2v) is 7.93. The molecule has 0 unspecified atom stereocenters. The minimum atomic E-state index is -0.669. The lowest BCUT2D eigenvalue weighted by Crippen LogP contribution is -2.39. The van der Waals surface area contributed by atoms with Crippen LogP contribution < -0.4 is 9.47 Å². The molecule has 0 atom stereocenters. The Morgan fingerprint density at radius 3 is 1.48 bits per heavy atom. The first-order valence-electron chi connectivity index (χ1n) is 11.3. The summed E-state index contributed by atoms with van der Waals surface area (Å²) in [6.45, 7) is 8.50. The number of aromatic hydroxyl groups is 1. The molecule has 3 nitrogen and oxygen atoms in total. The molecule has 0 fully saturated rings. The maximum atomic E-state index is 11.2. The zero-order valence-corrected chi connectivity index (χ0v) is 19.1. The highest BCUT2D eigenvalue weighted by molar-refractivity contribution is 5.48. The van der Waals surface area contributed by atoms with Crippen LogP contribution in [0.4, 0.5) is 0 Å². The molecule has 0 heterocycles. The Labute approximate surface area is 186 Å². The van der Waals surface area contributed by atoms with Crippen LogP contribution in [-0.2, 0) is 11.2 Å². The Bertz CT molecular complexity index is 943. The SMILES string of the molecule is CCC(CC)(Oc1ccccc1)c1cccc(O)c1C(CC)(CC)Oc1ccccc1. The van der Waals surface area contributed by atoms with Gasteiger partial charge in [0, 0.05) is 11.1 Å². The molecule has 1 N–H and O–H groups in total. The first kappa shape index (κ1) is 22.7. The van der Waals surface area contributed by atoms with Crippen molar-refractivity contribution in [2.75, 3.05) is 0 Å². The van der Waals surface area contributed by atoms with Gasteiger partial charge in [0.25, 0.3) is 0 Å². The van der Waals surface area contributed by atoms with Gasteiger partial charge in [-0.1, -0.05) is 76.2 Å². The van der Waals surface area contributed by atoms with E-state index in [1.54, 1.807) is 6.07 Å². The number of para-hydroxylation sites is 2. The molecule has 3 heteroatoms. The van der Waals surface area contributed by atoms with Crippen LogP contribution in [0.15, 0.2) is 78.9 Å². The lowest BCUT2D eigenvalue weighted by atomic mass is 9.76. The molecule has 164 valence electrons. The van der Waals surface area contributed by atoms with E-state index in [-0.39, 0.29) is 5.75 Å². The standard InChI is InChI=1S/C28H34O3/c1-5-27(6-2,30-22-16-11-9-12-17-22)24-20-15-21-25(29)26(24)28(7-3,8-4)31-23-18-13-10-14-19-23/h9-21,29H,5-8H2,1-4H3. The number of benzene rings is 3. The summed E-state index contributed by atoms with van der Waals surface area (Å²) in [5.41, 5.74) is 0.562. The summed E-state index contributed by atoms with van der Waals surface area (Å²) in [5.74, 6) is 1.87. The zero-order chi connectivity index (χ0) is 22.3. The summed E-state index contributed by atoms with van der Waals surface area (Å²) >= 11 is 0. The zero-order valence-electron chi connectivity index (χ0n) is 19.1. The summed E-state index contributed by atoms with van der Waals surface area (Å²) in [4.78, 5) is 0. The van der Waals surface area contributed by atoms with Crippen molar-refractivity contribution in [2.45, 2.75) is 64.6 Å². The molecule has 3 rings (SSSR count). The van der Waals surface area contributed by atoms with Crippen molar-refractivity contribution in [3.63, 3.8) is 0 Å². The molecule has 3 aromatic carbocycles. The van der Waals surface area contributed by atoms with E-state index in [0.717, 1.165) is 48.3 Å². The normalized spacial score (nSPS) is 11.9. The molecular weight excluding hydrogens is 384 g/mol. The van der Waals surface area contributed by atoms with Gasteiger partial charge >= 0.3 is 0 Å². The van der Waals surface area contributed by atoms with Gasteiger partial charge in [0.2, 0.25) is 0 Å². The summed E-state index contributed by atoms with van der Waals surface area (Å²) in [7, 11) is 0. The maximum absolute atomic E-state index is 11.2. The molecule has 0 aromatic heterocycles. The predicted octanol–water partition coefficient (Wildman–Crippen LogP) is 7.58. The van der Waals surface area contributed by atoms with Gasteiger partial charge in [0.1, 0.15) is 28.5 Å². The molecule has 0 spiro atoms. The van der Waals surface area contributed by atoms with E-state index in [0.29, 0.717) is 0 Å². The highest BCUT2D eigenvalue weighted by atomic mass is 16.5. The van der Waals surface area contributed by atoms with Crippen molar-refractivity contribution < 1.29 is 14.6 Å². The van der Waals surface area contributed by atoms with Gasteiger partial charge in [-0.15, -0.1) is 0 Å². The number of phenols is 1. The Morgan fingerprint density at radius 2 is 1.03 bits per heavy atom. The fourth-order valence-electron chi connectivity index (χ4n) is 4.46. The van der Waals surface area contributed by atoms with Crippen molar-refractivity contribution in [3.8, 4) is 17.2 Å². The second kappa shape index (κ2) is 9.91. The fourth-order valence-corrected chi connectivity index (χ4v) is 4.46. The number of hydrogen-bond donors (Lipinski definition) is 1. The van der Waals surface area contributed by atoms with E-state index in [4.69, 9.17) is 9.47 Å². The van der Waals surface area contributed by atoms with Gasteiger partial charge in [0.15, 0.2) is 0 Å². The minimum Gasteiger partial charge on any atom is -0.508 e. The molecule has 31 heavy (non-hydrogen) atoms. The molecule has 0 aliphatic carbocycles. The van der Waals surface area contributed by atoms with Crippen LogP contribution >= 0.6 is 0 Å². The lowest BCUT2D eigenvalue weighted by Gasteiger charge is -2.41. The molecule has 0 saturated carbocycles. The van der Waals surface area contributed by atoms with E-state index < -0.39 is 11.2 Å². The monoisotopic (exact) mass is 418 g/mol. The smallest absolute Gasteiger partial charge is 0.137 e. The third-order valence-electron chi connectivity index (χ3n) is 6.39. The van der Waals surface area contributed by atoms with Crippen LogP contribution in [0.2, 0.25) is 0 Å². The van der Waals surface area contributed by atoms with Crippen molar-refractivity contribution in [1.29, 1.82) is 0 Å².